The molecule has 0 aromatic heterocycles. The molecule has 1 N–H and O–H groups in total. The van der Waals surface area contributed by atoms with Crippen LogP contribution in [0.25, 0.3) is 0 Å². The summed E-state index contributed by atoms with van der Waals surface area (Å²) in [5, 5.41) is 3.86. The van der Waals surface area contributed by atoms with Gasteiger partial charge in [0.2, 0.25) is 0 Å². The molecule has 2 rings (SSSR count). The maximum absolute atomic E-state index is 3.86. The van der Waals surface area contributed by atoms with E-state index in [1.54, 1.807) is 0 Å². The summed E-state index contributed by atoms with van der Waals surface area (Å²) in [5.41, 5.74) is 0. The van der Waals surface area contributed by atoms with Crippen LogP contribution in [0.5, 0.6) is 0 Å². The van der Waals surface area contributed by atoms with Crippen molar-refractivity contribution in [3.8, 4) is 0 Å². The van der Waals surface area contributed by atoms with Gasteiger partial charge in [-0.3, -0.25) is 0 Å². The lowest BCUT2D eigenvalue weighted by Crippen LogP contribution is -2.32. The van der Waals surface area contributed by atoms with Gasteiger partial charge >= 0.3 is 0 Å². The molecular weight excluding hydrogens is 184 g/mol. The van der Waals surface area contributed by atoms with Crippen LogP contribution >= 0.6 is 0 Å². The predicted octanol–water partition coefficient (Wildman–Crippen LogP) is 2.25. The van der Waals surface area contributed by atoms with Crippen LogP contribution in [0.4, 0.5) is 0 Å². The zero-order valence-corrected chi connectivity index (χ0v) is 10.3. The molecule has 0 aromatic carbocycles. The third-order valence-corrected chi connectivity index (χ3v) is 3.98. The van der Waals surface area contributed by atoms with Gasteiger partial charge in [0, 0.05) is 12.1 Å². The van der Waals surface area contributed by atoms with E-state index in [0.717, 1.165) is 18.0 Å². The highest BCUT2D eigenvalue weighted by atomic mass is 15.1. The largest absolute Gasteiger partial charge is 0.311 e. The zero-order valence-electron chi connectivity index (χ0n) is 10.3. The molecule has 0 bridgehead atoms. The van der Waals surface area contributed by atoms with Gasteiger partial charge in [0.15, 0.2) is 0 Å². The Morgan fingerprint density at radius 2 is 2.13 bits per heavy atom. The van der Waals surface area contributed by atoms with Crippen LogP contribution in [0.3, 0.4) is 0 Å². The fourth-order valence-corrected chi connectivity index (χ4v) is 2.85. The minimum Gasteiger partial charge on any atom is -0.311 e. The second-order valence-electron chi connectivity index (χ2n) is 5.49. The Morgan fingerprint density at radius 3 is 2.93 bits per heavy atom. The van der Waals surface area contributed by atoms with Crippen molar-refractivity contribution in [2.45, 2.75) is 57.5 Å². The number of nitrogens with zero attached hydrogens (tertiary/aromatic N) is 1. The van der Waals surface area contributed by atoms with E-state index in [1.807, 2.05) is 0 Å². The Labute approximate surface area is 94.4 Å². The summed E-state index contributed by atoms with van der Waals surface area (Å²) in [7, 11) is 2.25. The van der Waals surface area contributed by atoms with Crippen LogP contribution < -0.4 is 5.32 Å². The molecule has 88 valence electrons. The lowest BCUT2D eigenvalue weighted by molar-refractivity contribution is 0.342. The number of rotatable bonds is 4. The summed E-state index contributed by atoms with van der Waals surface area (Å²) in [4.78, 5) is 2.47. The second kappa shape index (κ2) is 5.31. The summed E-state index contributed by atoms with van der Waals surface area (Å²) >= 11 is 0. The Morgan fingerprint density at radius 1 is 1.27 bits per heavy atom. The van der Waals surface area contributed by atoms with Crippen LogP contribution in [0.2, 0.25) is 0 Å². The SMILES string of the molecule is CCCC1CC1NC1CCCN(C)CC1. The molecule has 1 heterocycles. The van der Waals surface area contributed by atoms with E-state index < -0.39 is 0 Å². The van der Waals surface area contributed by atoms with E-state index >= 15 is 0 Å². The van der Waals surface area contributed by atoms with Crippen molar-refractivity contribution in [2.75, 3.05) is 20.1 Å². The van der Waals surface area contributed by atoms with Gasteiger partial charge in [-0.2, -0.15) is 0 Å². The van der Waals surface area contributed by atoms with E-state index in [2.05, 4.69) is 24.2 Å². The van der Waals surface area contributed by atoms with Crippen LogP contribution in [0.1, 0.15) is 45.4 Å². The maximum Gasteiger partial charge on any atom is 0.0102 e. The van der Waals surface area contributed by atoms with Crippen molar-refractivity contribution >= 4 is 0 Å². The Hall–Kier alpha value is -0.0800. The van der Waals surface area contributed by atoms with Crippen LogP contribution in [0, 0.1) is 5.92 Å². The summed E-state index contributed by atoms with van der Waals surface area (Å²) in [6.07, 6.45) is 8.35. The summed E-state index contributed by atoms with van der Waals surface area (Å²) in [6.45, 7) is 4.88. The van der Waals surface area contributed by atoms with Gasteiger partial charge in [-0.25, -0.2) is 0 Å². The van der Waals surface area contributed by atoms with Crippen molar-refractivity contribution < 1.29 is 0 Å². The van der Waals surface area contributed by atoms with Crippen molar-refractivity contribution in [3.63, 3.8) is 0 Å². The molecule has 1 saturated carbocycles. The molecule has 15 heavy (non-hydrogen) atoms. The summed E-state index contributed by atoms with van der Waals surface area (Å²) in [5.74, 6) is 1.01. The molecule has 1 aliphatic heterocycles. The number of likely N-dealkylation sites (tertiary alicyclic amines) is 1. The molecule has 3 atom stereocenters. The first-order chi connectivity index (χ1) is 7.29. The number of hydrogen-bond donors (Lipinski definition) is 1. The highest BCUT2D eigenvalue weighted by Gasteiger charge is 2.37. The van der Waals surface area contributed by atoms with Gasteiger partial charge in [0.25, 0.3) is 0 Å². The van der Waals surface area contributed by atoms with Gasteiger partial charge in [0.05, 0.1) is 0 Å². The first kappa shape index (κ1) is 11.4. The van der Waals surface area contributed by atoms with Crippen LogP contribution in [-0.2, 0) is 0 Å². The lowest BCUT2D eigenvalue weighted by Gasteiger charge is -2.16. The Bertz CT molecular complexity index is 193. The first-order valence-corrected chi connectivity index (χ1v) is 6.74. The quantitative estimate of drug-likeness (QED) is 0.765. The molecular formula is C13H26N2. The van der Waals surface area contributed by atoms with Gasteiger partial charge < -0.3 is 10.2 Å². The third-order valence-electron chi connectivity index (χ3n) is 3.98. The molecule has 3 unspecified atom stereocenters. The molecule has 2 fully saturated rings. The summed E-state index contributed by atoms with van der Waals surface area (Å²) in [6, 6.07) is 1.68. The normalized spacial score (nSPS) is 37.6. The Kier molecular flexibility index (Phi) is 4.04. The summed E-state index contributed by atoms with van der Waals surface area (Å²) < 4.78 is 0. The number of hydrogen-bond acceptors (Lipinski definition) is 2. The molecule has 2 aliphatic rings. The molecule has 2 heteroatoms. The van der Waals surface area contributed by atoms with Gasteiger partial charge in [-0.05, 0) is 58.2 Å². The average molecular weight is 210 g/mol. The minimum absolute atomic E-state index is 0.807. The first-order valence-electron chi connectivity index (χ1n) is 6.74. The molecule has 0 radical (unpaired) electrons. The fourth-order valence-electron chi connectivity index (χ4n) is 2.85. The van der Waals surface area contributed by atoms with E-state index in [9.17, 15) is 0 Å². The highest BCUT2D eigenvalue weighted by molar-refractivity contribution is 4.94. The Balaban J connectivity index is 1.67. The third kappa shape index (κ3) is 3.46. The predicted molar refractivity (Wildman–Crippen MR) is 65.1 cm³/mol. The molecule has 0 spiro atoms. The zero-order chi connectivity index (χ0) is 10.7. The van der Waals surface area contributed by atoms with Gasteiger partial charge in [-0.15, -0.1) is 0 Å². The lowest BCUT2D eigenvalue weighted by atomic mass is 10.1. The topological polar surface area (TPSA) is 15.3 Å². The van der Waals surface area contributed by atoms with Crippen LogP contribution in [-0.4, -0.2) is 37.1 Å². The van der Waals surface area contributed by atoms with Crippen molar-refractivity contribution in [3.05, 3.63) is 0 Å². The van der Waals surface area contributed by atoms with Gasteiger partial charge in [0.1, 0.15) is 0 Å². The second-order valence-corrected chi connectivity index (χ2v) is 5.49. The van der Waals surface area contributed by atoms with E-state index in [1.165, 1.54) is 51.6 Å². The minimum atomic E-state index is 0.807. The van der Waals surface area contributed by atoms with E-state index in [0.29, 0.717) is 0 Å². The molecule has 1 saturated heterocycles. The van der Waals surface area contributed by atoms with Crippen molar-refractivity contribution in [1.29, 1.82) is 0 Å². The monoisotopic (exact) mass is 210 g/mol. The molecule has 0 aromatic rings. The van der Waals surface area contributed by atoms with E-state index in [-0.39, 0.29) is 0 Å². The highest BCUT2D eigenvalue weighted by Crippen LogP contribution is 2.35. The van der Waals surface area contributed by atoms with Crippen LogP contribution in [0.15, 0.2) is 0 Å². The number of nitrogens with one attached hydrogen (secondary N) is 1. The smallest absolute Gasteiger partial charge is 0.0102 e. The molecule has 0 amide bonds. The van der Waals surface area contributed by atoms with Crippen molar-refractivity contribution in [1.82, 2.24) is 10.2 Å². The average Bonchev–Trinajstić information content (AvgIpc) is 2.95. The standard InChI is InChI=1S/C13H26N2/c1-3-5-11-10-13(11)14-12-6-4-8-15(2)9-7-12/h11-14H,3-10H2,1-2H3. The van der Waals surface area contributed by atoms with E-state index in [4.69, 9.17) is 0 Å². The fraction of sp³-hybridized carbons (Fsp3) is 1.00. The maximum atomic E-state index is 3.86. The molecule has 2 nitrogen and oxygen atoms in total. The van der Waals surface area contributed by atoms with Gasteiger partial charge in [-0.1, -0.05) is 13.3 Å². The van der Waals surface area contributed by atoms with Crippen molar-refractivity contribution in [2.24, 2.45) is 5.92 Å². The molecule has 1 aliphatic carbocycles.